The standard InChI is InChI=1S/C19H12FN3O2S/c20-14-5-3-13(4-6-14)17-16(12-7-9-21-10-8-12)19(25-23-17)22-18(24)15-2-1-11-26-15/h1-11H,(H,22,24). The molecule has 0 unspecified atom stereocenters. The summed E-state index contributed by atoms with van der Waals surface area (Å²) in [5.74, 6) is -0.389. The Kier molecular flexibility index (Phi) is 4.28. The summed E-state index contributed by atoms with van der Waals surface area (Å²) in [4.78, 5) is 17.0. The molecule has 7 heteroatoms. The number of thiophene rings is 1. The summed E-state index contributed by atoms with van der Waals surface area (Å²) in [5.41, 5.74) is 2.59. The number of anilines is 1. The van der Waals surface area contributed by atoms with E-state index in [1.807, 2.05) is 5.38 Å². The van der Waals surface area contributed by atoms with Crippen LogP contribution in [0, 0.1) is 5.82 Å². The van der Waals surface area contributed by atoms with Gasteiger partial charge in [0.25, 0.3) is 5.91 Å². The topological polar surface area (TPSA) is 68.0 Å². The van der Waals surface area contributed by atoms with Crippen LogP contribution in [0.25, 0.3) is 22.4 Å². The first-order valence-corrected chi connectivity index (χ1v) is 8.61. The number of aromatic nitrogens is 2. The predicted octanol–water partition coefficient (Wildman–Crippen LogP) is 4.86. The summed E-state index contributed by atoms with van der Waals surface area (Å²) in [6.07, 6.45) is 3.28. The SMILES string of the molecule is O=C(Nc1onc(-c2ccc(F)cc2)c1-c1ccncc1)c1cccs1. The molecule has 3 aromatic heterocycles. The summed E-state index contributed by atoms with van der Waals surface area (Å²) in [7, 11) is 0. The molecular weight excluding hydrogens is 353 g/mol. The fourth-order valence-electron chi connectivity index (χ4n) is 2.54. The van der Waals surface area contributed by atoms with Gasteiger partial charge in [-0.3, -0.25) is 15.1 Å². The van der Waals surface area contributed by atoms with Crippen molar-refractivity contribution in [2.45, 2.75) is 0 Å². The highest BCUT2D eigenvalue weighted by molar-refractivity contribution is 7.12. The van der Waals surface area contributed by atoms with Crippen molar-refractivity contribution in [3.05, 3.63) is 77.0 Å². The number of carbonyl (C=O) groups excluding carboxylic acids is 1. The van der Waals surface area contributed by atoms with Gasteiger partial charge in [-0.2, -0.15) is 0 Å². The molecule has 0 saturated heterocycles. The largest absolute Gasteiger partial charge is 0.337 e. The van der Waals surface area contributed by atoms with E-state index in [0.29, 0.717) is 21.7 Å². The van der Waals surface area contributed by atoms with Gasteiger partial charge in [0.15, 0.2) is 0 Å². The lowest BCUT2D eigenvalue weighted by Crippen LogP contribution is -2.10. The van der Waals surface area contributed by atoms with Crippen molar-refractivity contribution in [1.82, 2.24) is 10.1 Å². The van der Waals surface area contributed by atoms with E-state index in [4.69, 9.17) is 4.52 Å². The number of amides is 1. The molecule has 1 amide bonds. The average molecular weight is 365 g/mol. The zero-order valence-electron chi connectivity index (χ0n) is 13.3. The molecule has 1 aromatic carbocycles. The molecule has 0 radical (unpaired) electrons. The number of hydrogen-bond acceptors (Lipinski definition) is 5. The van der Waals surface area contributed by atoms with Crippen LogP contribution in [0.15, 0.2) is 70.8 Å². The Bertz CT molecular complexity index is 1030. The van der Waals surface area contributed by atoms with Gasteiger partial charge in [-0.1, -0.05) is 11.2 Å². The monoisotopic (exact) mass is 365 g/mol. The lowest BCUT2D eigenvalue weighted by Gasteiger charge is -2.05. The van der Waals surface area contributed by atoms with Gasteiger partial charge in [-0.25, -0.2) is 4.39 Å². The molecule has 0 spiro atoms. The highest BCUT2D eigenvalue weighted by Gasteiger charge is 2.22. The predicted molar refractivity (Wildman–Crippen MR) is 97.4 cm³/mol. The lowest BCUT2D eigenvalue weighted by atomic mass is 10.0. The molecule has 0 bridgehead atoms. The Balaban J connectivity index is 1.79. The van der Waals surface area contributed by atoms with Crippen molar-refractivity contribution in [3.63, 3.8) is 0 Å². The van der Waals surface area contributed by atoms with E-state index in [1.54, 1.807) is 48.8 Å². The van der Waals surface area contributed by atoms with Crippen LogP contribution < -0.4 is 5.32 Å². The maximum Gasteiger partial charge on any atom is 0.268 e. The molecule has 0 fully saturated rings. The zero-order valence-corrected chi connectivity index (χ0v) is 14.2. The van der Waals surface area contributed by atoms with Crippen molar-refractivity contribution >= 4 is 23.1 Å². The number of nitrogens with zero attached hydrogens (tertiary/aromatic N) is 2. The summed E-state index contributed by atoms with van der Waals surface area (Å²) >= 11 is 1.33. The van der Waals surface area contributed by atoms with Crippen molar-refractivity contribution in [3.8, 4) is 22.4 Å². The molecule has 0 aliphatic carbocycles. The second-order valence-corrected chi connectivity index (χ2v) is 6.36. The number of pyridine rings is 1. The molecule has 5 nitrogen and oxygen atoms in total. The van der Waals surface area contributed by atoms with Gasteiger partial charge in [-0.15, -0.1) is 11.3 Å². The number of carbonyl (C=O) groups is 1. The van der Waals surface area contributed by atoms with Gasteiger partial charge in [-0.05, 0) is 53.4 Å². The number of nitrogens with one attached hydrogen (secondary N) is 1. The second kappa shape index (κ2) is 6.89. The van der Waals surface area contributed by atoms with E-state index in [-0.39, 0.29) is 17.6 Å². The maximum absolute atomic E-state index is 13.3. The van der Waals surface area contributed by atoms with Gasteiger partial charge >= 0.3 is 0 Å². The van der Waals surface area contributed by atoms with Crippen LogP contribution in [0.5, 0.6) is 0 Å². The molecule has 0 aliphatic rings. The molecule has 26 heavy (non-hydrogen) atoms. The smallest absolute Gasteiger partial charge is 0.268 e. The number of rotatable bonds is 4. The zero-order chi connectivity index (χ0) is 17.9. The summed E-state index contributed by atoms with van der Waals surface area (Å²) in [6.45, 7) is 0. The minimum Gasteiger partial charge on any atom is -0.337 e. The fraction of sp³-hybridized carbons (Fsp3) is 0. The summed E-state index contributed by atoms with van der Waals surface area (Å²) in [6, 6.07) is 13.0. The highest BCUT2D eigenvalue weighted by atomic mass is 32.1. The van der Waals surface area contributed by atoms with E-state index in [9.17, 15) is 9.18 Å². The van der Waals surface area contributed by atoms with Crippen LogP contribution in [0.2, 0.25) is 0 Å². The van der Waals surface area contributed by atoms with Crippen LogP contribution in [0.1, 0.15) is 9.67 Å². The van der Waals surface area contributed by atoms with Crippen LogP contribution in [-0.2, 0) is 0 Å². The first-order chi connectivity index (χ1) is 12.7. The second-order valence-electron chi connectivity index (χ2n) is 5.41. The molecule has 128 valence electrons. The van der Waals surface area contributed by atoms with Crippen molar-refractivity contribution in [2.75, 3.05) is 5.32 Å². The molecule has 3 heterocycles. The van der Waals surface area contributed by atoms with Gasteiger partial charge in [0.05, 0.1) is 10.4 Å². The average Bonchev–Trinajstić information content (AvgIpc) is 3.33. The summed E-state index contributed by atoms with van der Waals surface area (Å²) < 4.78 is 18.7. The normalized spacial score (nSPS) is 10.7. The van der Waals surface area contributed by atoms with Crippen molar-refractivity contribution in [2.24, 2.45) is 0 Å². The molecular formula is C19H12FN3O2S. The van der Waals surface area contributed by atoms with E-state index < -0.39 is 0 Å². The Morgan fingerprint density at radius 2 is 1.81 bits per heavy atom. The maximum atomic E-state index is 13.3. The third kappa shape index (κ3) is 3.12. The summed E-state index contributed by atoms with van der Waals surface area (Å²) in [5, 5.41) is 8.68. The first kappa shape index (κ1) is 16.2. The van der Waals surface area contributed by atoms with E-state index in [2.05, 4.69) is 15.5 Å². The van der Waals surface area contributed by atoms with E-state index in [1.165, 1.54) is 23.5 Å². The Hall–Kier alpha value is -3.32. The third-order valence-electron chi connectivity index (χ3n) is 3.75. The van der Waals surface area contributed by atoms with Crippen LogP contribution in [-0.4, -0.2) is 16.0 Å². The molecule has 0 saturated carbocycles. The number of halogens is 1. The Morgan fingerprint density at radius 3 is 2.50 bits per heavy atom. The number of hydrogen-bond donors (Lipinski definition) is 1. The van der Waals surface area contributed by atoms with Crippen molar-refractivity contribution < 1.29 is 13.7 Å². The lowest BCUT2D eigenvalue weighted by molar-refractivity contribution is 0.102. The van der Waals surface area contributed by atoms with Crippen LogP contribution in [0.3, 0.4) is 0 Å². The van der Waals surface area contributed by atoms with E-state index >= 15 is 0 Å². The Labute approximate surface area is 152 Å². The van der Waals surface area contributed by atoms with Gasteiger partial charge in [0, 0.05) is 18.0 Å². The van der Waals surface area contributed by atoms with Crippen LogP contribution in [0.4, 0.5) is 10.3 Å². The molecule has 0 aliphatic heterocycles. The van der Waals surface area contributed by atoms with E-state index in [0.717, 1.165) is 5.56 Å². The fourth-order valence-corrected chi connectivity index (χ4v) is 3.16. The van der Waals surface area contributed by atoms with Crippen molar-refractivity contribution in [1.29, 1.82) is 0 Å². The molecule has 4 rings (SSSR count). The quantitative estimate of drug-likeness (QED) is 0.561. The van der Waals surface area contributed by atoms with Gasteiger partial charge in [0.1, 0.15) is 11.5 Å². The van der Waals surface area contributed by atoms with Gasteiger partial charge in [0.2, 0.25) is 5.88 Å². The number of benzene rings is 1. The van der Waals surface area contributed by atoms with Gasteiger partial charge < -0.3 is 4.52 Å². The Morgan fingerprint density at radius 1 is 1.04 bits per heavy atom. The third-order valence-corrected chi connectivity index (χ3v) is 4.62. The first-order valence-electron chi connectivity index (χ1n) is 7.73. The van der Waals surface area contributed by atoms with Crippen LogP contribution >= 0.6 is 11.3 Å². The molecule has 0 atom stereocenters. The minimum absolute atomic E-state index is 0.230. The molecule has 1 N–H and O–H groups in total. The highest BCUT2D eigenvalue weighted by Crippen LogP contribution is 2.37. The minimum atomic E-state index is -0.339. The molecule has 4 aromatic rings.